The van der Waals surface area contributed by atoms with Gasteiger partial charge in [0.15, 0.2) is 5.16 Å². The fraction of sp³-hybridized carbons (Fsp3) is 0.455. The average molecular weight is 445 g/mol. The van der Waals surface area contributed by atoms with Gasteiger partial charge in [-0.25, -0.2) is 4.98 Å². The first-order valence-corrected chi connectivity index (χ1v) is 12.1. The Bertz CT molecular complexity index is 1070. The van der Waals surface area contributed by atoms with E-state index < -0.39 is 0 Å². The second-order valence-electron chi connectivity index (χ2n) is 7.54. The summed E-state index contributed by atoms with van der Waals surface area (Å²) in [5.41, 5.74) is 2.21. The molecular weight excluding hydrogens is 416 g/mol. The third-order valence-corrected chi connectivity index (χ3v) is 7.73. The summed E-state index contributed by atoms with van der Waals surface area (Å²) in [6, 6.07) is 8.23. The Hall–Kier alpha value is -2.03. The minimum absolute atomic E-state index is 0.0168. The maximum atomic E-state index is 12.4. The highest BCUT2D eigenvalue weighted by Gasteiger charge is 2.19. The maximum Gasteiger partial charge on any atom is 0.260 e. The first-order valence-electron chi connectivity index (χ1n) is 10.3. The van der Waals surface area contributed by atoms with Crippen molar-refractivity contribution in [3.8, 4) is 5.75 Å². The van der Waals surface area contributed by atoms with Gasteiger partial charge >= 0.3 is 0 Å². The zero-order valence-electron chi connectivity index (χ0n) is 17.7. The number of hydrogen-bond donors (Lipinski definition) is 1. The van der Waals surface area contributed by atoms with Gasteiger partial charge in [0.1, 0.15) is 10.6 Å². The van der Waals surface area contributed by atoms with Gasteiger partial charge in [-0.2, -0.15) is 0 Å². The molecule has 1 aliphatic heterocycles. The molecule has 8 heteroatoms. The highest BCUT2D eigenvalue weighted by atomic mass is 32.2. The van der Waals surface area contributed by atoms with E-state index in [9.17, 15) is 4.79 Å². The molecule has 2 aromatic heterocycles. The van der Waals surface area contributed by atoms with Gasteiger partial charge < -0.3 is 14.6 Å². The maximum absolute atomic E-state index is 12.4. The summed E-state index contributed by atoms with van der Waals surface area (Å²) in [6.07, 6.45) is 1.07. The summed E-state index contributed by atoms with van der Waals surface area (Å²) < 4.78 is 5.50. The number of benzene rings is 1. The number of thioether (sulfide) groups is 1. The van der Waals surface area contributed by atoms with Gasteiger partial charge in [-0.05, 0) is 44.5 Å². The predicted octanol–water partition coefficient (Wildman–Crippen LogP) is 3.91. The molecule has 30 heavy (non-hydrogen) atoms. The van der Waals surface area contributed by atoms with Gasteiger partial charge in [0.2, 0.25) is 0 Å². The summed E-state index contributed by atoms with van der Waals surface area (Å²) in [5.74, 6) is 1.89. The molecule has 1 aliphatic rings. The SMILES string of the molecule is COc1ccccc1N1CCN(CCCSc2nc3sc(C)c(C)c3c(=O)[nH]2)CC1. The van der Waals surface area contributed by atoms with Crippen molar-refractivity contribution in [1.29, 1.82) is 0 Å². The number of aromatic amines is 1. The highest BCUT2D eigenvalue weighted by molar-refractivity contribution is 7.99. The zero-order chi connectivity index (χ0) is 21.1. The Kier molecular flexibility index (Phi) is 6.65. The minimum Gasteiger partial charge on any atom is -0.495 e. The van der Waals surface area contributed by atoms with E-state index in [0.717, 1.165) is 76.5 Å². The van der Waals surface area contributed by atoms with E-state index in [1.54, 1.807) is 30.2 Å². The van der Waals surface area contributed by atoms with Crippen LogP contribution in [-0.4, -0.2) is 60.5 Å². The Balaban J connectivity index is 1.25. The number of rotatable bonds is 7. The summed E-state index contributed by atoms with van der Waals surface area (Å²) in [4.78, 5) is 26.9. The van der Waals surface area contributed by atoms with Crippen LogP contribution in [0.15, 0.2) is 34.2 Å². The van der Waals surface area contributed by atoms with E-state index in [1.807, 2.05) is 26.0 Å². The molecule has 0 saturated carbocycles. The topological polar surface area (TPSA) is 61.5 Å². The quantitative estimate of drug-likeness (QED) is 0.339. The number of H-pyrrole nitrogens is 1. The van der Waals surface area contributed by atoms with E-state index in [1.165, 1.54) is 5.69 Å². The number of nitrogens with zero attached hydrogens (tertiary/aromatic N) is 3. The van der Waals surface area contributed by atoms with Crippen molar-refractivity contribution in [1.82, 2.24) is 14.9 Å². The smallest absolute Gasteiger partial charge is 0.260 e. The third kappa shape index (κ3) is 4.50. The van der Waals surface area contributed by atoms with Gasteiger partial charge in [-0.15, -0.1) is 11.3 Å². The number of nitrogens with one attached hydrogen (secondary N) is 1. The van der Waals surface area contributed by atoms with Crippen molar-refractivity contribution in [3.63, 3.8) is 0 Å². The fourth-order valence-corrected chi connectivity index (χ4v) is 5.74. The molecule has 1 N–H and O–H groups in total. The Morgan fingerprint density at radius 2 is 1.97 bits per heavy atom. The minimum atomic E-state index is -0.0168. The molecule has 3 heterocycles. The van der Waals surface area contributed by atoms with E-state index in [4.69, 9.17) is 4.74 Å². The van der Waals surface area contributed by atoms with Crippen LogP contribution in [0.4, 0.5) is 5.69 Å². The number of hydrogen-bond acceptors (Lipinski definition) is 7. The highest BCUT2D eigenvalue weighted by Crippen LogP contribution is 2.29. The van der Waals surface area contributed by atoms with Gasteiger partial charge in [0.25, 0.3) is 5.56 Å². The Labute approximate surface area is 185 Å². The van der Waals surface area contributed by atoms with Crippen LogP contribution in [0.3, 0.4) is 0 Å². The standard InChI is InChI=1S/C22H28N4O2S2/c1-15-16(2)30-21-19(15)20(27)23-22(24-21)29-14-6-9-25-10-12-26(13-11-25)17-7-4-5-8-18(17)28-3/h4-5,7-8H,6,9-14H2,1-3H3,(H,23,24,27). The molecule has 0 bridgehead atoms. The molecule has 0 unspecified atom stereocenters. The van der Waals surface area contributed by atoms with Crippen molar-refractivity contribution < 1.29 is 4.74 Å². The molecule has 1 fully saturated rings. The lowest BCUT2D eigenvalue weighted by atomic mass is 10.2. The molecule has 0 aliphatic carbocycles. The first-order chi connectivity index (χ1) is 14.6. The molecule has 4 rings (SSSR count). The van der Waals surface area contributed by atoms with Crippen LogP contribution in [0, 0.1) is 13.8 Å². The molecule has 160 valence electrons. The molecular formula is C22H28N4O2S2. The van der Waals surface area contributed by atoms with Crippen molar-refractivity contribution in [2.24, 2.45) is 0 Å². The molecule has 1 saturated heterocycles. The van der Waals surface area contributed by atoms with Gasteiger partial charge in [-0.1, -0.05) is 23.9 Å². The monoisotopic (exact) mass is 444 g/mol. The van der Waals surface area contributed by atoms with Crippen LogP contribution in [0.5, 0.6) is 5.75 Å². The number of piperazine rings is 1. The summed E-state index contributed by atoms with van der Waals surface area (Å²) in [7, 11) is 1.73. The van der Waals surface area contributed by atoms with E-state index in [2.05, 4.69) is 31.9 Å². The second-order valence-corrected chi connectivity index (χ2v) is 9.82. The van der Waals surface area contributed by atoms with Gasteiger partial charge in [0, 0.05) is 36.8 Å². The fourth-order valence-electron chi connectivity index (χ4n) is 3.86. The molecule has 6 nitrogen and oxygen atoms in total. The van der Waals surface area contributed by atoms with Crippen molar-refractivity contribution >= 4 is 39.0 Å². The van der Waals surface area contributed by atoms with Gasteiger partial charge in [-0.3, -0.25) is 9.69 Å². The zero-order valence-corrected chi connectivity index (χ0v) is 19.4. The number of aryl methyl sites for hydroxylation is 2. The summed E-state index contributed by atoms with van der Waals surface area (Å²) in [6.45, 7) is 9.23. The number of thiophene rings is 1. The average Bonchev–Trinajstić information content (AvgIpc) is 3.05. The van der Waals surface area contributed by atoms with E-state index in [-0.39, 0.29) is 5.56 Å². The van der Waals surface area contributed by atoms with Crippen LogP contribution in [0.25, 0.3) is 10.2 Å². The molecule has 3 aromatic rings. The summed E-state index contributed by atoms with van der Waals surface area (Å²) in [5, 5.41) is 1.48. The van der Waals surface area contributed by atoms with Gasteiger partial charge in [0.05, 0.1) is 18.2 Å². The number of anilines is 1. The van der Waals surface area contributed by atoms with Crippen LogP contribution in [0.1, 0.15) is 16.9 Å². The molecule has 0 radical (unpaired) electrons. The summed E-state index contributed by atoms with van der Waals surface area (Å²) >= 11 is 3.25. The lowest BCUT2D eigenvalue weighted by molar-refractivity contribution is 0.258. The number of aromatic nitrogens is 2. The number of ether oxygens (including phenoxy) is 1. The molecule has 0 amide bonds. The van der Waals surface area contributed by atoms with Crippen LogP contribution >= 0.6 is 23.1 Å². The Morgan fingerprint density at radius 3 is 2.73 bits per heavy atom. The van der Waals surface area contributed by atoms with Crippen LogP contribution < -0.4 is 15.2 Å². The van der Waals surface area contributed by atoms with Crippen molar-refractivity contribution in [2.45, 2.75) is 25.4 Å². The van der Waals surface area contributed by atoms with E-state index >= 15 is 0 Å². The number of methoxy groups -OCH3 is 1. The number of para-hydroxylation sites is 2. The second kappa shape index (κ2) is 9.41. The predicted molar refractivity (Wildman–Crippen MR) is 127 cm³/mol. The van der Waals surface area contributed by atoms with Crippen molar-refractivity contribution in [3.05, 3.63) is 45.1 Å². The molecule has 0 atom stereocenters. The first kappa shape index (κ1) is 21.2. The Morgan fingerprint density at radius 1 is 1.20 bits per heavy atom. The van der Waals surface area contributed by atoms with Crippen LogP contribution in [-0.2, 0) is 0 Å². The largest absolute Gasteiger partial charge is 0.495 e. The normalized spacial score (nSPS) is 15.1. The van der Waals surface area contributed by atoms with E-state index in [0.29, 0.717) is 0 Å². The lowest BCUT2D eigenvalue weighted by Crippen LogP contribution is -2.46. The third-order valence-electron chi connectivity index (χ3n) is 5.67. The van der Waals surface area contributed by atoms with Crippen LogP contribution in [0.2, 0.25) is 0 Å². The molecule has 1 aromatic carbocycles. The molecule has 0 spiro atoms. The van der Waals surface area contributed by atoms with Crippen molar-refractivity contribution in [2.75, 3.05) is 50.5 Å². The lowest BCUT2D eigenvalue weighted by Gasteiger charge is -2.36. The number of fused-ring (bicyclic) bond motifs is 1.